The Hall–Kier alpha value is -2.95. The first kappa shape index (κ1) is 15.0. The van der Waals surface area contributed by atoms with E-state index in [0.29, 0.717) is 23.3 Å². The summed E-state index contributed by atoms with van der Waals surface area (Å²) in [4.78, 5) is 11.8. The highest BCUT2D eigenvalue weighted by atomic mass is 16.5. The van der Waals surface area contributed by atoms with Crippen LogP contribution in [0.5, 0.6) is 5.75 Å². The van der Waals surface area contributed by atoms with E-state index >= 15 is 0 Å². The van der Waals surface area contributed by atoms with Gasteiger partial charge in [-0.2, -0.15) is 0 Å². The van der Waals surface area contributed by atoms with Crippen LogP contribution in [0.2, 0.25) is 0 Å². The fourth-order valence-electron chi connectivity index (χ4n) is 2.28. The highest BCUT2D eigenvalue weighted by Gasteiger charge is 2.19. The minimum absolute atomic E-state index is 0.0297. The maximum absolute atomic E-state index is 11.8. The summed E-state index contributed by atoms with van der Waals surface area (Å²) in [5.74, 6) is 0.112. The Morgan fingerprint density at radius 3 is 2.70 bits per heavy atom. The van der Waals surface area contributed by atoms with Crippen molar-refractivity contribution in [1.82, 2.24) is 0 Å². The molecule has 2 aromatic carbocycles. The molecule has 5 heteroatoms. The predicted octanol–water partition coefficient (Wildman–Crippen LogP) is 3.77. The third-order valence-electron chi connectivity index (χ3n) is 3.41. The second kappa shape index (κ2) is 6.44. The zero-order valence-corrected chi connectivity index (χ0v) is 12.7. The zero-order valence-electron chi connectivity index (χ0n) is 12.7. The van der Waals surface area contributed by atoms with E-state index in [2.05, 4.69) is 0 Å². The fraction of sp³-hybridized carbons (Fsp3) is 0.167. The summed E-state index contributed by atoms with van der Waals surface area (Å²) in [7, 11) is 0. The van der Waals surface area contributed by atoms with Gasteiger partial charge in [0.15, 0.2) is 0 Å². The molecule has 0 aliphatic rings. The average Bonchev–Trinajstić information content (AvgIpc) is 2.91. The molecule has 1 aromatic heterocycles. The summed E-state index contributed by atoms with van der Waals surface area (Å²) in [6.45, 7) is 2.44. The van der Waals surface area contributed by atoms with Crippen molar-refractivity contribution in [3.05, 3.63) is 59.9 Å². The van der Waals surface area contributed by atoms with Crippen LogP contribution < -0.4 is 10.5 Å². The molecule has 3 aromatic rings. The first-order chi connectivity index (χ1) is 11.2. The van der Waals surface area contributed by atoms with Gasteiger partial charge in [0.05, 0.1) is 12.3 Å². The van der Waals surface area contributed by atoms with Gasteiger partial charge in [-0.15, -0.1) is 0 Å². The highest BCUT2D eigenvalue weighted by molar-refractivity contribution is 6.03. The molecule has 0 saturated carbocycles. The molecule has 23 heavy (non-hydrogen) atoms. The molecule has 0 atom stereocenters. The smallest absolute Gasteiger partial charge is 0.376 e. The minimum atomic E-state index is -0.562. The van der Waals surface area contributed by atoms with Gasteiger partial charge < -0.3 is 19.6 Å². The highest BCUT2D eigenvalue weighted by Crippen LogP contribution is 2.31. The standard InChI is InChI=1S/C18H17NO4/c1-2-21-18(20)17-16(19)14-9-8-13(10-15(14)23-17)22-11-12-6-4-3-5-7-12/h3-10H,2,11,19H2,1H3. The number of anilines is 1. The molecule has 0 spiro atoms. The van der Waals surface area contributed by atoms with E-state index in [0.717, 1.165) is 5.56 Å². The number of benzene rings is 2. The summed E-state index contributed by atoms with van der Waals surface area (Å²) in [6, 6.07) is 15.1. The number of carbonyl (C=O) groups is 1. The lowest BCUT2D eigenvalue weighted by atomic mass is 10.2. The number of ether oxygens (including phenoxy) is 2. The van der Waals surface area contributed by atoms with E-state index in [1.165, 1.54) is 0 Å². The average molecular weight is 311 g/mol. The van der Waals surface area contributed by atoms with Crippen LogP contribution in [0.4, 0.5) is 5.69 Å². The van der Waals surface area contributed by atoms with E-state index in [9.17, 15) is 4.79 Å². The quantitative estimate of drug-likeness (QED) is 0.726. The van der Waals surface area contributed by atoms with E-state index in [1.807, 2.05) is 30.3 Å². The van der Waals surface area contributed by atoms with Crippen LogP contribution in [0, 0.1) is 0 Å². The van der Waals surface area contributed by atoms with Crippen molar-refractivity contribution in [3.63, 3.8) is 0 Å². The van der Waals surface area contributed by atoms with Gasteiger partial charge >= 0.3 is 5.97 Å². The van der Waals surface area contributed by atoms with Crippen LogP contribution in [0.15, 0.2) is 52.9 Å². The number of rotatable bonds is 5. The monoisotopic (exact) mass is 311 g/mol. The zero-order chi connectivity index (χ0) is 16.2. The number of esters is 1. The number of furan rings is 1. The molecule has 0 aliphatic carbocycles. The molecule has 0 amide bonds. The molecular weight excluding hydrogens is 294 g/mol. The molecule has 0 fully saturated rings. The van der Waals surface area contributed by atoms with Crippen molar-refractivity contribution < 1.29 is 18.7 Å². The van der Waals surface area contributed by atoms with Crippen molar-refractivity contribution in [1.29, 1.82) is 0 Å². The number of carbonyl (C=O) groups excluding carboxylic acids is 1. The summed E-state index contributed by atoms with van der Waals surface area (Å²) < 4.78 is 16.2. The number of hydrogen-bond acceptors (Lipinski definition) is 5. The van der Waals surface area contributed by atoms with Crippen molar-refractivity contribution in [2.45, 2.75) is 13.5 Å². The Labute approximate surface area is 133 Å². The lowest BCUT2D eigenvalue weighted by molar-refractivity contribution is 0.0494. The summed E-state index contributed by atoms with van der Waals surface area (Å²) in [5, 5.41) is 0.667. The lowest BCUT2D eigenvalue weighted by Gasteiger charge is -2.05. The van der Waals surface area contributed by atoms with Gasteiger partial charge in [0, 0.05) is 11.5 Å². The Morgan fingerprint density at radius 1 is 1.17 bits per heavy atom. The van der Waals surface area contributed by atoms with Crippen LogP contribution >= 0.6 is 0 Å². The number of fused-ring (bicyclic) bond motifs is 1. The first-order valence-corrected chi connectivity index (χ1v) is 7.35. The van der Waals surface area contributed by atoms with Gasteiger partial charge in [-0.1, -0.05) is 30.3 Å². The molecule has 2 N–H and O–H groups in total. The van der Waals surface area contributed by atoms with Crippen molar-refractivity contribution in [2.24, 2.45) is 0 Å². The summed E-state index contributed by atoms with van der Waals surface area (Å²) >= 11 is 0. The second-order valence-corrected chi connectivity index (χ2v) is 5.00. The van der Waals surface area contributed by atoms with E-state index in [-0.39, 0.29) is 18.1 Å². The third-order valence-corrected chi connectivity index (χ3v) is 3.41. The Kier molecular flexibility index (Phi) is 4.19. The molecule has 118 valence electrons. The van der Waals surface area contributed by atoms with Gasteiger partial charge in [-0.25, -0.2) is 4.79 Å². The minimum Gasteiger partial charge on any atom is -0.489 e. The second-order valence-electron chi connectivity index (χ2n) is 5.00. The van der Waals surface area contributed by atoms with Gasteiger partial charge in [-0.3, -0.25) is 0 Å². The van der Waals surface area contributed by atoms with Gasteiger partial charge in [0.1, 0.15) is 17.9 Å². The van der Waals surface area contributed by atoms with Crippen molar-refractivity contribution >= 4 is 22.6 Å². The maximum Gasteiger partial charge on any atom is 0.376 e. The molecular formula is C18H17NO4. The molecule has 0 radical (unpaired) electrons. The number of nitrogens with two attached hydrogens (primary N) is 1. The molecule has 3 rings (SSSR count). The van der Waals surface area contributed by atoms with Gasteiger partial charge in [-0.05, 0) is 24.6 Å². The Balaban J connectivity index is 1.83. The SMILES string of the molecule is CCOC(=O)c1oc2cc(OCc3ccccc3)ccc2c1N. The number of hydrogen-bond donors (Lipinski definition) is 1. The molecule has 1 heterocycles. The Morgan fingerprint density at radius 2 is 1.96 bits per heavy atom. The van der Waals surface area contributed by atoms with Crippen LogP contribution in [0.25, 0.3) is 11.0 Å². The molecule has 0 aliphatic heterocycles. The molecule has 0 bridgehead atoms. The van der Waals surface area contributed by atoms with Crippen LogP contribution in [-0.4, -0.2) is 12.6 Å². The van der Waals surface area contributed by atoms with Crippen molar-refractivity contribution in [3.8, 4) is 5.75 Å². The topological polar surface area (TPSA) is 74.7 Å². The largest absolute Gasteiger partial charge is 0.489 e. The molecule has 5 nitrogen and oxygen atoms in total. The van der Waals surface area contributed by atoms with Crippen molar-refractivity contribution in [2.75, 3.05) is 12.3 Å². The Bertz CT molecular complexity index is 824. The number of nitrogen functional groups attached to an aromatic ring is 1. The molecule has 0 unspecified atom stereocenters. The van der Waals surface area contributed by atoms with Gasteiger partial charge in [0.25, 0.3) is 0 Å². The van der Waals surface area contributed by atoms with Crippen LogP contribution in [0.1, 0.15) is 23.0 Å². The van der Waals surface area contributed by atoms with E-state index in [4.69, 9.17) is 19.6 Å². The third kappa shape index (κ3) is 3.13. The summed E-state index contributed by atoms with van der Waals surface area (Å²) in [5.41, 5.74) is 7.80. The molecule has 0 saturated heterocycles. The van der Waals surface area contributed by atoms with Crippen LogP contribution in [-0.2, 0) is 11.3 Å². The lowest BCUT2D eigenvalue weighted by Crippen LogP contribution is -2.05. The fourth-order valence-corrected chi connectivity index (χ4v) is 2.28. The van der Waals surface area contributed by atoms with E-state index < -0.39 is 5.97 Å². The maximum atomic E-state index is 11.8. The van der Waals surface area contributed by atoms with E-state index in [1.54, 1.807) is 25.1 Å². The van der Waals surface area contributed by atoms with Gasteiger partial charge in [0.2, 0.25) is 5.76 Å². The first-order valence-electron chi connectivity index (χ1n) is 7.35. The van der Waals surface area contributed by atoms with Crippen LogP contribution in [0.3, 0.4) is 0 Å². The predicted molar refractivity (Wildman–Crippen MR) is 87.4 cm³/mol. The summed E-state index contributed by atoms with van der Waals surface area (Å²) in [6.07, 6.45) is 0. The normalized spacial score (nSPS) is 10.7.